The van der Waals surface area contributed by atoms with Crippen LogP contribution in [0.1, 0.15) is 36.8 Å². The molecular weight excluding hydrogens is 448 g/mol. The van der Waals surface area contributed by atoms with Crippen LogP contribution in [0.25, 0.3) is 27.9 Å². The molecule has 0 radical (unpaired) electrons. The zero-order chi connectivity index (χ0) is 25.2. The number of aromatic nitrogens is 2. The van der Waals surface area contributed by atoms with Gasteiger partial charge in [0, 0.05) is 22.5 Å². The van der Waals surface area contributed by atoms with Crippen LogP contribution in [-0.2, 0) is 9.53 Å². The molecule has 4 aromatic rings. The molecule has 9 heteroatoms. The monoisotopic (exact) mass is 472 g/mol. The molecule has 0 fully saturated rings. The van der Waals surface area contributed by atoms with Crippen molar-refractivity contribution in [1.82, 2.24) is 15.0 Å². The van der Waals surface area contributed by atoms with Crippen molar-refractivity contribution in [1.29, 1.82) is 0 Å². The summed E-state index contributed by atoms with van der Waals surface area (Å²) in [5, 5.41) is 12.8. The Morgan fingerprint density at radius 2 is 1.71 bits per heavy atom. The molecule has 2 aromatic carbocycles. The van der Waals surface area contributed by atoms with Gasteiger partial charge in [-0.2, -0.15) is 0 Å². The molecule has 0 aliphatic rings. The Hall–Kier alpha value is -4.50. The molecule has 2 amide bonds. The van der Waals surface area contributed by atoms with Crippen LogP contribution in [0.3, 0.4) is 0 Å². The molecule has 2 heterocycles. The summed E-state index contributed by atoms with van der Waals surface area (Å²) >= 11 is 0. The molecule has 0 aliphatic carbocycles. The first-order valence-corrected chi connectivity index (χ1v) is 10.8. The van der Waals surface area contributed by atoms with Crippen LogP contribution in [0.5, 0.6) is 0 Å². The number of amides is 2. The summed E-state index contributed by atoms with van der Waals surface area (Å²) in [4.78, 5) is 41.2. The van der Waals surface area contributed by atoms with Crippen molar-refractivity contribution in [2.24, 2.45) is 0 Å². The van der Waals surface area contributed by atoms with Gasteiger partial charge in [0.2, 0.25) is 0 Å². The molecule has 9 nitrogen and oxygen atoms in total. The number of nitrogens with zero attached hydrogens (tertiary/aromatic N) is 2. The third kappa shape index (κ3) is 5.20. The standard InChI is InChI=1S/C26H24N4O5/c1-26(2,3)35-25(33)30-21-7-5-4-6-18(21)19-14-20(27-15-22(19)30)24(32)28-17-11-8-16(9-12-17)10-13-23(31)29-34/h4-15,34H,1-3H3,(H,28,32)(H,29,31)/b13-10+. The van der Waals surface area contributed by atoms with Crippen molar-refractivity contribution >= 4 is 51.5 Å². The lowest BCUT2D eigenvalue weighted by Crippen LogP contribution is -2.27. The number of rotatable bonds is 4. The van der Waals surface area contributed by atoms with Crippen molar-refractivity contribution in [3.05, 3.63) is 78.1 Å². The number of carbonyl (C=O) groups excluding carboxylic acids is 3. The normalized spacial score (nSPS) is 11.7. The quantitative estimate of drug-likeness (QED) is 0.224. The van der Waals surface area contributed by atoms with E-state index in [1.165, 1.54) is 28.4 Å². The number of carbonyl (C=O) groups is 3. The number of hydrogen-bond acceptors (Lipinski definition) is 6. The summed E-state index contributed by atoms with van der Waals surface area (Å²) < 4.78 is 7.05. The highest BCUT2D eigenvalue weighted by molar-refractivity contribution is 6.14. The van der Waals surface area contributed by atoms with Crippen LogP contribution in [-0.4, -0.2) is 38.3 Å². The Labute approximate surface area is 201 Å². The van der Waals surface area contributed by atoms with Gasteiger partial charge >= 0.3 is 6.09 Å². The molecule has 3 N–H and O–H groups in total. The molecule has 0 spiro atoms. The lowest BCUT2D eigenvalue weighted by atomic mass is 10.1. The maximum Gasteiger partial charge on any atom is 0.419 e. The zero-order valence-corrected chi connectivity index (χ0v) is 19.4. The molecule has 4 rings (SSSR count). The Morgan fingerprint density at radius 3 is 2.40 bits per heavy atom. The van der Waals surface area contributed by atoms with Crippen LogP contribution in [0, 0.1) is 0 Å². The van der Waals surface area contributed by atoms with E-state index in [4.69, 9.17) is 9.94 Å². The average Bonchev–Trinajstić information content (AvgIpc) is 3.16. The number of benzene rings is 2. The molecule has 0 atom stereocenters. The topological polar surface area (TPSA) is 123 Å². The van der Waals surface area contributed by atoms with Crippen molar-refractivity contribution < 1.29 is 24.3 Å². The maximum atomic E-state index is 12.9. The fourth-order valence-electron chi connectivity index (χ4n) is 3.58. The van der Waals surface area contributed by atoms with Gasteiger partial charge in [0.15, 0.2) is 0 Å². The maximum absolute atomic E-state index is 12.9. The fraction of sp³-hybridized carbons (Fsp3) is 0.154. The minimum atomic E-state index is -0.668. The highest BCUT2D eigenvalue weighted by Crippen LogP contribution is 2.30. The number of hydrogen-bond donors (Lipinski definition) is 3. The van der Waals surface area contributed by atoms with E-state index in [1.807, 2.05) is 24.3 Å². The zero-order valence-electron chi connectivity index (χ0n) is 19.4. The lowest BCUT2D eigenvalue weighted by Gasteiger charge is -2.20. The SMILES string of the molecule is CC(C)(C)OC(=O)n1c2ccccc2c2cc(C(=O)Nc3ccc(/C=C/C(=O)NO)cc3)ncc21. The Kier molecular flexibility index (Phi) is 6.35. The summed E-state index contributed by atoms with van der Waals surface area (Å²) in [6.07, 6.45) is 3.68. The average molecular weight is 473 g/mol. The van der Waals surface area contributed by atoms with E-state index in [0.717, 1.165) is 5.39 Å². The van der Waals surface area contributed by atoms with E-state index in [0.29, 0.717) is 27.7 Å². The summed E-state index contributed by atoms with van der Waals surface area (Å²) in [5.41, 5.74) is 3.49. The van der Waals surface area contributed by atoms with Gasteiger partial charge in [0.05, 0.1) is 17.2 Å². The molecule has 178 valence electrons. The first-order chi connectivity index (χ1) is 16.7. The third-order valence-corrected chi connectivity index (χ3v) is 5.07. The smallest absolute Gasteiger partial charge is 0.419 e. The van der Waals surface area contributed by atoms with E-state index < -0.39 is 23.5 Å². The summed E-state index contributed by atoms with van der Waals surface area (Å²) in [7, 11) is 0. The van der Waals surface area contributed by atoms with Crippen LogP contribution in [0.2, 0.25) is 0 Å². The molecule has 2 aromatic heterocycles. The Balaban J connectivity index is 1.63. The van der Waals surface area contributed by atoms with Gasteiger partial charge in [0.25, 0.3) is 11.8 Å². The van der Waals surface area contributed by atoms with E-state index in [-0.39, 0.29) is 5.69 Å². The van der Waals surface area contributed by atoms with Gasteiger partial charge in [-0.15, -0.1) is 0 Å². The van der Waals surface area contributed by atoms with E-state index in [9.17, 15) is 14.4 Å². The first kappa shape index (κ1) is 23.7. The number of hydroxylamine groups is 1. The molecular formula is C26H24N4O5. The second kappa shape index (κ2) is 9.40. The van der Waals surface area contributed by atoms with Crippen molar-refractivity contribution in [2.45, 2.75) is 26.4 Å². The van der Waals surface area contributed by atoms with Gasteiger partial charge in [-0.1, -0.05) is 30.3 Å². The number of ether oxygens (including phenoxy) is 1. The third-order valence-electron chi connectivity index (χ3n) is 5.07. The summed E-state index contributed by atoms with van der Waals surface area (Å²) in [5.74, 6) is -1.05. The van der Waals surface area contributed by atoms with Gasteiger partial charge < -0.3 is 10.1 Å². The molecule has 0 saturated heterocycles. The van der Waals surface area contributed by atoms with E-state index in [1.54, 1.807) is 51.1 Å². The highest BCUT2D eigenvalue weighted by Gasteiger charge is 2.23. The molecule has 0 unspecified atom stereocenters. The predicted octanol–water partition coefficient (Wildman–Crippen LogP) is 4.74. The van der Waals surface area contributed by atoms with E-state index in [2.05, 4.69) is 10.3 Å². The minimum absolute atomic E-state index is 0.188. The van der Waals surface area contributed by atoms with Gasteiger partial charge in [0.1, 0.15) is 11.3 Å². The Bertz CT molecular complexity index is 1460. The lowest BCUT2D eigenvalue weighted by molar-refractivity contribution is -0.124. The van der Waals surface area contributed by atoms with Crippen molar-refractivity contribution in [2.75, 3.05) is 5.32 Å². The fourth-order valence-corrected chi connectivity index (χ4v) is 3.58. The van der Waals surface area contributed by atoms with Crippen molar-refractivity contribution in [3.8, 4) is 0 Å². The Morgan fingerprint density at radius 1 is 1.00 bits per heavy atom. The molecule has 35 heavy (non-hydrogen) atoms. The largest absolute Gasteiger partial charge is 0.443 e. The van der Waals surface area contributed by atoms with Gasteiger partial charge in [-0.3, -0.25) is 14.8 Å². The second-order valence-electron chi connectivity index (χ2n) is 8.81. The van der Waals surface area contributed by atoms with Crippen LogP contribution in [0.15, 0.2) is 66.9 Å². The minimum Gasteiger partial charge on any atom is -0.443 e. The number of para-hydroxylation sites is 1. The van der Waals surface area contributed by atoms with Crippen LogP contribution < -0.4 is 10.8 Å². The van der Waals surface area contributed by atoms with E-state index >= 15 is 0 Å². The number of pyridine rings is 1. The number of anilines is 1. The number of nitrogens with one attached hydrogen (secondary N) is 2. The summed E-state index contributed by atoms with van der Waals surface area (Å²) in [6.45, 7) is 5.40. The van der Waals surface area contributed by atoms with Gasteiger partial charge in [-0.25, -0.2) is 19.8 Å². The van der Waals surface area contributed by atoms with Crippen LogP contribution in [0.4, 0.5) is 10.5 Å². The molecule has 0 aliphatic heterocycles. The van der Waals surface area contributed by atoms with Crippen molar-refractivity contribution in [3.63, 3.8) is 0 Å². The van der Waals surface area contributed by atoms with Gasteiger partial charge in [-0.05, 0) is 56.7 Å². The predicted molar refractivity (Wildman–Crippen MR) is 132 cm³/mol. The highest BCUT2D eigenvalue weighted by atomic mass is 16.6. The molecule has 0 bridgehead atoms. The number of fused-ring (bicyclic) bond motifs is 3. The molecule has 0 saturated carbocycles. The summed E-state index contributed by atoms with van der Waals surface area (Å²) in [6, 6.07) is 15.8. The first-order valence-electron chi connectivity index (χ1n) is 10.8. The van der Waals surface area contributed by atoms with Crippen LogP contribution >= 0.6 is 0 Å². The second-order valence-corrected chi connectivity index (χ2v) is 8.81.